The fraction of sp³-hybridized carbons (Fsp3) is 0.389. The van der Waals surface area contributed by atoms with Crippen LogP contribution in [-0.4, -0.2) is 59.8 Å². The van der Waals surface area contributed by atoms with Crippen molar-refractivity contribution in [2.45, 2.75) is 32.2 Å². The highest BCUT2D eigenvalue weighted by molar-refractivity contribution is 5.29. The topological polar surface area (TPSA) is 81.2 Å². The monoisotopic (exact) mass is 354 g/mol. The first kappa shape index (κ1) is 16.7. The summed E-state index contributed by atoms with van der Waals surface area (Å²) in [5.41, 5.74) is 0.974. The third kappa shape index (κ3) is 3.61. The number of nitrogens with zero attached hydrogens (tertiary/aromatic N) is 6. The van der Waals surface area contributed by atoms with E-state index in [-0.39, 0.29) is 6.10 Å². The number of likely N-dealkylation sites (tertiary alicyclic amines) is 1. The van der Waals surface area contributed by atoms with Crippen LogP contribution in [0, 0.1) is 0 Å². The minimum atomic E-state index is -0.545. The number of aromatic nitrogens is 5. The van der Waals surface area contributed by atoms with Crippen molar-refractivity contribution in [2.24, 2.45) is 0 Å². The minimum absolute atomic E-state index is 0.277. The summed E-state index contributed by atoms with van der Waals surface area (Å²) < 4.78 is 9.45. The van der Waals surface area contributed by atoms with Crippen molar-refractivity contribution in [3.05, 3.63) is 54.9 Å². The zero-order chi connectivity index (χ0) is 17.9. The Bertz CT molecular complexity index is 846. The molecule has 136 valence electrons. The Hall–Kier alpha value is -2.71. The van der Waals surface area contributed by atoms with Crippen LogP contribution in [-0.2, 0) is 13.1 Å². The smallest absolute Gasteiger partial charge is 0.164 e. The van der Waals surface area contributed by atoms with Gasteiger partial charge in [-0.2, -0.15) is 5.10 Å². The van der Waals surface area contributed by atoms with Crippen molar-refractivity contribution in [2.75, 3.05) is 13.1 Å². The molecular formula is C18H22N6O2. The number of ether oxygens (including phenoxy) is 1. The lowest BCUT2D eigenvalue weighted by Crippen LogP contribution is -2.29. The van der Waals surface area contributed by atoms with Gasteiger partial charge < -0.3 is 9.84 Å². The van der Waals surface area contributed by atoms with Crippen LogP contribution < -0.4 is 4.74 Å². The second kappa shape index (κ2) is 7.27. The number of rotatable bonds is 6. The summed E-state index contributed by atoms with van der Waals surface area (Å²) in [5.74, 6) is 1.41. The molecule has 1 aliphatic rings. The Morgan fingerprint density at radius 2 is 2.08 bits per heavy atom. The molecule has 1 N–H and O–H groups in total. The number of hydrogen-bond donors (Lipinski definition) is 1. The Balaban J connectivity index is 1.37. The lowest BCUT2D eigenvalue weighted by Gasteiger charge is -2.15. The van der Waals surface area contributed by atoms with Crippen LogP contribution in [0.2, 0.25) is 0 Å². The van der Waals surface area contributed by atoms with Gasteiger partial charge in [0.15, 0.2) is 11.6 Å². The predicted molar refractivity (Wildman–Crippen MR) is 95.0 cm³/mol. The van der Waals surface area contributed by atoms with Crippen molar-refractivity contribution in [3.8, 4) is 11.4 Å². The van der Waals surface area contributed by atoms with Crippen LogP contribution in [0.3, 0.4) is 0 Å². The highest BCUT2D eigenvalue weighted by Gasteiger charge is 2.33. The van der Waals surface area contributed by atoms with Gasteiger partial charge in [-0.25, -0.2) is 9.67 Å². The molecule has 8 heteroatoms. The number of para-hydroxylation sites is 1. The van der Waals surface area contributed by atoms with Gasteiger partial charge in [-0.05, 0) is 19.1 Å². The van der Waals surface area contributed by atoms with Crippen LogP contribution in [0.5, 0.6) is 5.75 Å². The molecule has 2 aromatic heterocycles. The van der Waals surface area contributed by atoms with Crippen LogP contribution in [0.25, 0.3) is 5.69 Å². The third-order valence-corrected chi connectivity index (χ3v) is 4.46. The Morgan fingerprint density at radius 1 is 1.23 bits per heavy atom. The Kier molecular flexibility index (Phi) is 4.68. The fourth-order valence-electron chi connectivity index (χ4n) is 3.11. The fourth-order valence-corrected chi connectivity index (χ4v) is 3.11. The van der Waals surface area contributed by atoms with Gasteiger partial charge >= 0.3 is 0 Å². The summed E-state index contributed by atoms with van der Waals surface area (Å²) in [6.07, 6.45) is 4.42. The SMILES string of the molecule is CCn1cc(O[C@@H]2CN(Cc3ncn(-c4ccccc4)n3)C[C@H]2O)cn1. The van der Waals surface area contributed by atoms with E-state index in [1.165, 1.54) is 0 Å². The van der Waals surface area contributed by atoms with E-state index in [0.717, 1.165) is 18.1 Å². The second-order valence-corrected chi connectivity index (χ2v) is 6.39. The number of benzene rings is 1. The zero-order valence-electron chi connectivity index (χ0n) is 14.6. The molecule has 0 saturated carbocycles. The molecule has 2 atom stereocenters. The van der Waals surface area contributed by atoms with Crippen LogP contribution in [0.15, 0.2) is 49.1 Å². The van der Waals surface area contributed by atoms with Crippen LogP contribution >= 0.6 is 0 Å². The van der Waals surface area contributed by atoms with Crippen LogP contribution in [0.1, 0.15) is 12.7 Å². The Labute approximate surface area is 151 Å². The molecule has 0 amide bonds. The van der Waals surface area contributed by atoms with Crippen molar-refractivity contribution in [1.82, 2.24) is 29.4 Å². The molecule has 1 aliphatic heterocycles. The van der Waals surface area contributed by atoms with E-state index in [0.29, 0.717) is 25.4 Å². The molecule has 1 aromatic carbocycles. The van der Waals surface area contributed by atoms with Gasteiger partial charge in [-0.1, -0.05) is 18.2 Å². The number of aliphatic hydroxyl groups excluding tert-OH is 1. The minimum Gasteiger partial charge on any atom is -0.483 e. The van der Waals surface area contributed by atoms with Gasteiger partial charge in [-0.15, -0.1) is 5.10 Å². The lowest BCUT2D eigenvalue weighted by atomic mass is 10.3. The molecular weight excluding hydrogens is 332 g/mol. The molecule has 1 saturated heterocycles. The average Bonchev–Trinajstić information content (AvgIpc) is 3.38. The highest BCUT2D eigenvalue weighted by atomic mass is 16.5. The molecule has 0 unspecified atom stereocenters. The number of aryl methyl sites for hydroxylation is 1. The van der Waals surface area contributed by atoms with E-state index in [1.54, 1.807) is 21.9 Å². The molecule has 26 heavy (non-hydrogen) atoms. The van der Waals surface area contributed by atoms with Crippen molar-refractivity contribution >= 4 is 0 Å². The lowest BCUT2D eigenvalue weighted by molar-refractivity contribution is 0.0736. The molecule has 0 aliphatic carbocycles. The van der Waals surface area contributed by atoms with E-state index in [1.807, 2.05) is 43.5 Å². The summed E-state index contributed by atoms with van der Waals surface area (Å²) in [5, 5.41) is 19.0. The molecule has 8 nitrogen and oxygen atoms in total. The third-order valence-electron chi connectivity index (χ3n) is 4.46. The quantitative estimate of drug-likeness (QED) is 0.714. The summed E-state index contributed by atoms with van der Waals surface area (Å²) in [4.78, 5) is 6.48. The molecule has 0 bridgehead atoms. The standard InChI is InChI=1S/C18H22N6O2/c1-2-23-9-15(8-20-23)26-17-11-22(10-16(17)25)12-18-19-13-24(21-18)14-6-4-3-5-7-14/h3-9,13,16-17,25H,2,10-12H2,1H3/t16-,17-/m1/s1. The number of β-amino-alcohol motifs (C(OH)–C–C–N with tert-alkyl or cyclic N) is 1. The molecule has 4 rings (SSSR count). The van der Waals surface area contributed by atoms with E-state index in [9.17, 15) is 5.11 Å². The second-order valence-electron chi connectivity index (χ2n) is 6.39. The molecule has 1 fully saturated rings. The highest BCUT2D eigenvalue weighted by Crippen LogP contribution is 2.19. The first-order chi connectivity index (χ1) is 12.7. The average molecular weight is 354 g/mol. The molecule has 3 aromatic rings. The van der Waals surface area contributed by atoms with E-state index in [4.69, 9.17) is 4.74 Å². The first-order valence-electron chi connectivity index (χ1n) is 8.77. The van der Waals surface area contributed by atoms with Crippen LogP contribution in [0.4, 0.5) is 0 Å². The summed E-state index contributed by atoms with van der Waals surface area (Å²) in [6, 6.07) is 9.88. The molecule has 0 radical (unpaired) electrons. The van der Waals surface area contributed by atoms with Gasteiger partial charge in [0.1, 0.15) is 18.5 Å². The van der Waals surface area contributed by atoms with E-state index >= 15 is 0 Å². The number of aliphatic hydroxyl groups is 1. The van der Waals surface area contributed by atoms with Gasteiger partial charge in [0.25, 0.3) is 0 Å². The van der Waals surface area contributed by atoms with Gasteiger partial charge in [0.05, 0.1) is 24.6 Å². The van der Waals surface area contributed by atoms with E-state index < -0.39 is 6.10 Å². The van der Waals surface area contributed by atoms with Gasteiger partial charge in [-0.3, -0.25) is 9.58 Å². The largest absolute Gasteiger partial charge is 0.483 e. The maximum Gasteiger partial charge on any atom is 0.164 e. The maximum atomic E-state index is 10.3. The predicted octanol–water partition coefficient (Wildman–Crippen LogP) is 1.11. The summed E-state index contributed by atoms with van der Waals surface area (Å²) in [6.45, 7) is 4.54. The normalized spacial score (nSPS) is 20.5. The maximum absolute atomic E-state index is 10.3. The summed E-state index contributed by atoms with van der Waals surface area (Å²) in [7, 11) is 0. The van der Waals surface area contributed by atoms with Crippen molar-refractivity contribution in [3.63, 3.8) is 0 Å². The molecule has 0 spiro atoms. The zero-order valence-corrected chi connectivity index (χ0v) is 14.6. The summed E-state index contributed by atoms with van der Waals surface area (Å²) >= 11 is 0. The van der Waals surface area contributed by atoms with E-state index in [2.05, 4.69) is 20.1 Å². The van der Waals surface area contributed by atoms with Gasteiger partial charge in [0, 0.05) is 19.6 Å². The number of hydrogen-bond acceptors (Lipinski definition) is 6. The van der Waals surface area contributed by atoms with Crippen molar-refractivity contribution in [1.29, 1.82) is 0 Å². The van der Waals surface area contributed by atoms with Crippen molar-refractivity contribution < 1.29 is 9.84 Å². The first-order valence-corrected chi connectivity index (χ1v) is 8.77. The Morgan fingerprint density at radius 3 is 2.85 bits per heavy atom. The van der Waals surface area contributed by atoms with Gasteiger partial charge in [0.2, 0.25) is 0 Å². The molecule has 3 heterocycles.